The minimum atomic E-state index is -0.212. The molecule has 3 heteroatoms. The molecule has 3 rings (SSSR count). The number of rotatable bonds is 3. The van der Waals surface area contributed by atoms with E-state index >= 15 is 0 Å². The van der Waals surface area contributed by atoms with Gasteiger partial charge in [0.05, 0.1) is 0 Å². The molecule has 0 atom stereocenters. The number of fused-ring (bicyclic) bond motifs is 1. The molecule has 0 aliphatic heterocycles. The van der Waals surface area contributed by atoms with Crippen LogP contribution in [-0.4, -0.2) is 4.57 Å². The molecule has 2 aromatic carbocycles. The summed E-state index contributed by atoms with van der Waals surface area (Å²) in [6, 6.07) is 14.7. The van der Waals surface area contributed by atoms with Crippen molar-refractivity contribution < 1.29 is 4.39 Å². The first-order valence-corrected chi connectivity index (χ1v) is 6.26. The SMILES string of the molecule is Cn1cc(CNc2ccc(F)cc2)c2ccccc21. The van der Waals surface area contributed by atoms with Crippen LogP contribution in [0.2, 0.25) is 0 Å². The lowest BCUT2D eigenvalue weighted by atomic mass is 10.2. The van der Waals surface area contributed by atoms with E-state index in [1.54, 1.807) is 12.1 Å². The number of aromatic nitrogens is 1. The molecule has 0 spiro atoms. The molecular formula is C16H15FN2. The van der Waals surface area contributed by atoms with Gasteiger partial charge in [-0.05, 0) is 35.9 Å². The van der Waals surface area contributed by atoms with Gasteiger partial charge in [0.1, 0.15) is 5.82 Å². The van der Waals surface area contributed by atoms with Gasteiger partial charge in [0.25, 0.3) is 0 Å². The highest BCUT2D eigenvalue weighted by molar-refractivity contribution is 5.84. The van der Waals surface area contributed by atoms with Gasteiger partial charge in [-0.25, -0.2) is 4.39 Å². The molecule has 0 aliphatic carbocycles. The van der Waals surface area contributed by atoms with E-state index in [1.165, 1.54) is 28.6 Å². The normalized spacial score (nSPS) is 10.8. The number of para-hydroxylation sites is 1. The Morgan fingerprint density at radius 3 is 2.58 bits per heavy atom. The minimum absolute atomic E-state index is 0.212. The molecule has 96 valence electrons. The van der Waals surface area contributed by atoms with Crippen LogP contribution in [0.15, 0.2) is 54.7 Å². The molecule has 1 heterocycles. The quantitative estimate of drug-likeness (QED) is 0.749. The highest BCUT2D eigenvalue weighted by Crippen LogP contribution is 2.21. The lowest BCUT2D eigenvalue weighted by molar-refractivity contribution is 0.628. The van der Waals surface area contributed by atoms with Gasteiger partial charge >= 0.3 is 0 Å². The van der Waals surface area contributed by atoms with Gasteiger partial charge in [-0.3, -0.25) is 0 Å². The molecule has 0 saturated carbocycles. The maximum Gasteiger partial charge on any atom is 0.123 e. The van der Waals surface area contributed by atoms with Crippen molar-refractivity contribution in [3.63, 3.8) is 0 Å². The number of halogens is 1. The Balaban J connectivity index is 1.84. The summed E-state index contributed by atoms with van der Waals surface area (Å²) in [6.07, 6.45) is 2.13. The van der Waals surface area contributed by atoms with Gasteiger partial charge in [-0.1, -0.05) is 18.2 Å². The van der Waals surface area contributed by atoms with Gasteiger partial charge in [0.15, 0.2) is 0 Å². The van der Waals surface area contributed by atoms with E-state index in [-0.39, 0.29) is 5.82 Å². The van der Waals surface area contributed by atoms with Gasteiger partial charge < -0.3 is 9.88 Å². The third-order valence-corrected chi connectivity index (χ3v) is 3.31. The van der Waals surface area contributed by atoms with Crippen LogP contribution < -0.4 is 5.32 Å². The fourth-order valence-corrected chi connectivity index (χ4v) is 2.33. The van der Waals surface area contributed by atoms with E-state index in [9.17, 15) is 4.39 Å². The standard InChI is InChI=1S/C16H15FN2/c1-19-11-12(15-4-2-3-5-16(15)19)10-18-14-8-6-13(17)7-9-14/h2-9,11,18H,10H2,1H3. The molecule has 0 amide bonds. The fourth-order valence-electron chi connectivity index (χ4n) is 2.33. The second-order valence-corrected chi connectivity index (χ2v) is 4.64. The Bertz CT molecular complexity index is 698. The molecule has 3 aromatic rings. The molecule has 2 nitrogen and oxygen atoms in total. The van der Waals surface area contributed by atoms with Crippen LogP contribution in [0.25, 0.3) is 10.9 Å². The molecule has 0 bridgehead atoms. The Morgan fingerprint density at radius 1 is 1.05 bits per heavy atom. The fraction of sp³-hybridized carbons (Fsp3) is 0.125. The maximum atomic E-state index is 12.8. The molecular weight excluding hydrogens is 239 g/mol. The van der Waals surface area contributed by atoms with Crippen molar-refractivity contribution in [2.75, 3.05) is 5.32 Å². The van der Waals surface area contributed by atoms with E-state index in [0.29, 0.717) is 0 Å². The van der Waals surface area contributed by atoms with E-state index in [2.05, 4.69) is 28.2 Å². The van der Waals surface area contributed by atoms with Gasteiger partial charge in [0, 0.05) is 36.4 Å². The Morgan fingerprint density at radius 2 is 1.79 bits per heavy atom. The van der Waals surface area contributed by atoms with Crippen molar-refractivity contribution >= 4 is 16.6 Å². The molecule has 0 saturated heterocycles. The number of nitrogens with one attached hydrogen (secondary N) is 1. The zero-order valence-electron chi connectivity index (χ0n) is 10.7. The van der Waals surface area contributed by atoms with Crippen molar-refractivity contribution in [1.29, 1.82) is 0 Å². The van der Waals surface area contributed by atoms with Crippen molar-refractivity contribution in [2.24, 2.45) is 7.05 Å². The predicted molar refractivity (Wildman–Crippen MR) is 76.6 cm³/mol. The predicted octanol–water partition coefficient (Wildman–Crippen LogP) is 3.93. The molecule has 1 aromatic heterocycles. The topological polar surface area (TPSA) is 17.0 Å². The van der Waals surface area contributed by atoms with Crippen LogP contribution in [-0.2, 0) is 13.6 Å². The second-order valence-electron chi connectivity index (χ2n) is 4.64. The molecule has 0 fully saturated rings. The second kappa shape index (κ2) is 4.76. The Labute approximate surface area is 111 Å². The highest BCUT2D eigenvalue weighted by Gasteiger charge is 2.05. The van der Waals surface area contributed by atoms with Crippen molar-refractivity contribution in [3.05, 3.63) is 66.1 Å². The summed E-state index contributed by atoms with van der Waals surface area (Å²) in [5.41, 5.74) is 3.38. The zero-order chi connectivity index (χ0) is 13.2. The lowest BCUT2D eigenvalue weighted by Gasteiger charge is -2.05. The van der Waals surface area contributed by atoms with Crippen LogP contribution in [0, 0.1) is 5.82 Å². The summed E-state index contributed by atoms with van der Waals surface area (Å²) in [5.74, 6) is -0.212. The summed E-state index contributed by atoms with van der Waals surface area (Å²) >= 11 is 0. The van der Waals surface area contributed by atoms with E-state index in [4.69, 9.17) is 0 Å². The third-order valence-electron chi connectivity index (χ3n) is 3.31. The van der Waals surface area contributed by atoms with E-state index < -0.39 is 0 Å². The van der Waals surface area contributed by atoms with Crippen molar-refractivity contribution in [3.8, 4) is 0 Å². The van der Waals surface area contributed by atoms with Gasteiger partial charge in [-0.15, -0.1) is 0 Å². The smallest absolute Gasteiger partial charge is 0.123 e. The monoisotopic (exact) mass is 254 g/mol. The van der Waals surface area contributed by atoms with Crippen molar-refractivity contribution in [1.82, 2.24) is 4.57 Å². The zero-order valence-corrected chi connectivity index (χ0v) is 10.7. The average Bonchev–Trinajstić information content (AvgIpc) is 2.76. The number of hydrogen-bond acceptors (Lipinski definition) is 1. The molecule has 19 heavy (non-hydrogen) atoms. The van der Waals surface area contributed by atoms with E-state index in [1.807, 2.05) is 19.2 Å². The number of anilines is 1. The first kappa shape index (κ1) is 11.8. The summed E-state index contributed by atoms with van der Waals surface area (Å²) < 4.78 is 15.0. The number of hydrogen-bond donors (Lipinski definition) is 1. The molecule has 0 unspecified atom stereocenters. The number of nitrogens with zero attached hydrogens (tertiary/aromatic N) is 1. The summed E-state index contributed by atoms with van der Waals surface area (Å²) in [5, 5.41) is 4.56. The first-order valence-electron chi connectivity index (χ1n) is 6.26. The minimum Gasteiger partial charge on any atom is -0.381 e. The van der Waals surface area contributed by atoms with Gasteiger partial charge in [-0.2, -0.15) is 0 Å². The third kappa shape index (κ3) is 2.32. The molecule has 0 radical (unpaired) electrons. The lowest BCUT2D eigenvalue weighted by Crippen LogP contribution is -1.98. The largest absolute Gasteiger partial charge is 0.381 e. The van der Waals surface area contributed by atoms with Crippen LogP contribution >= 0.6 is 0 Å². The Hall–Kier alpha value is -2.29. The van der Waals surface area contributed by atoms with Crippen LogP contribution in [0.3, 0.4) is 0 Å². The average molecular weight is 254 g/mol. The molecule has 1 N–H and O–H groups in total. The number of benzene rings is 2. The van der Waals surface area contributed by atoms with Gasteiger partial charge in [0.2, 0.25) is 0 Å². The highest BCUT2D eigenvalue weighted by atomic mass is 19.1. The Kier molecular flexibility index (Phi) is 2.95. The van der Waals surface area contributed by atoms with Crippen LogP contribution in [0.4, 0.5) is 10.1 Å². The van der Waals surface area contributed by atoms with E-state index in [0.717, 1.165) is 12.2 Å². The van der Waals surface area contributed by atoms with Crippen LogP contribution in [0.1, 0.15) is 5.56 Å². The number of aryl methyl sites for hydroxylation is 1. The summed E-state index contributed by atoms with van der Waals surface area (Å²) in [4.78, 5) is 0. The maximum absolute atomic E-state index is 12.8. The van der Waals surface area contributed by atoms with Crippen molar-refractivity contribution in [2.45, 2.75) is 6.54 Å². The summed E-state index contributed by atoms with van der Waals surface area (Å²) in [6.45, 7) is 0.729. The summed E-state index contributed by atoms with van der Waals surface area (Å²) in [7, 11) is 2.05. The molecule has 0 aliphatic rings. The first-order chi connectivity index (χ1) is 9.24. The van der Waals surface area contributed by atoms with Crippen LogP contribution in [0.5, 0.6) is 0 Å².